The summed E-state index contributed by atoms with van der Waals surface area (Å²) in [4.78, 5) is 25.7. The van der Waals surface area contributed by atoms with Gasteiger partial charge in [0.05, 0.1) is 10.7 Å². The second kappa shape index (κ2) is 12.9. The van der Waals surface area contributed by atoms with Crippen LogP contribution in [0.2, 0.25) is 10.0 Å². The summed E-state index contributed by atoms with van der Waals surface area (Å²) >= 11 is 19.2. The van der Waals surface area contributed by atoms with Gasteiger partial charge in [0.2, 0.25) is 5.91 Å². The van der Waals surface area contributed by atoms with Crippen LogP contribution >= 0.6 is 47.2 Å². The number of carbonyl (C=O) groups is 2. The van der Waals surface area contributed by atoms with Crippen LogP contribution in [-0.4, -0.2) is 16.8 Å². The van der Waals surface area contributed by atoms with E-state index in [1.807, 2.05) is 54.6 Å². The lowest BCUT2D eigenvalue weighted by Crippen LogP contribution is -2.20. The van der Waals surface area contributed by atoms with E-state index in [0.29, 0.717) is 26.4 Å². The molecule has 0 fully saturated rings. The highest BCUT2D eigenvalue weighted by atomic mass is 35.5. The minimum Gasteiger partial charge on any atom is -0.332 e. The molecule has 9 heteroatoms. The number of hydrogen-bond donors (Lipinski definition) is 3. The van der Waals surface area contributed by atoms with E-state index in [2.05, 4.69) is 16.0 Å². The summed E-state index contributed by atoms with van der Waals surface area (Å²) in [6.45, 7) is 1.53. The maximum atomic E-state index is 13.4. The van der Waals surface area contributed by atoms with Crippen LogP contribution in [-0.2, 0) is 4.79 Å². The summed E-state index contributed by atoms with van der Waals surface area (Å²) in [5.74, 6) is -0.208. The van der Waals surface area contributed by atoms with E-state index >= 15 is 0 Å². The number of thiocarbonyl (C=S) groups is 1. The SMILES string of the molecule is CC(=O)c1ccc(NC(=S)Nc2cccc(SC(C(=O)Nc3ccc(Cl)cc3Cl)c3ccccc3)c2)cc1. The number of ketones is 1. The summed E-state index contributed by atoms with van der Waals surface area (Å²) in [6, 6.07) is 29.2. The maximum absolute atomic E-state index is 13.4. The quantitative estimate of drug-likeness (QED) is 0.110. The predicted octanol–water partition coefficient (Wildman–Crippen LogP) is 8.48. The Bertz CT molecular complexity index is 1460. The number of carbonyl (C=O) groups excluding carboxylic acids is 2. The van der Waals surface area contributed by atoms with Gasteiger partial charge in [0, 0.05) is 26.9 Å². The fourth-order valence-corrected chi connectivity index (χ4v) is 5.33. The van der Waals surface area contributed by atoms with Crippen molar-refractivity contribution < 1.29 is 9.59 Å². The molecule has 0 aliphatic carbocycles. The average molecular weight is 581 g/mol. The van der Waals surface area contributed by atoms with Gasteiger partial charge in [-0.15, -0.1) is 11.8 Å². The number of Topliss-reactive ketones (excluding diaryl/α,β-unsaturated/α-hetero) is 1. The van der Waals surface area contributed by atoms with Gasteiger partial charge in [-0.1, -0.05) is 59.6 Å². The second-order valence-electron chi connectivity index (χ2n) is 8.26. The number of benzene rings is 4. The van der Waals surface area contributed by atoms with Crippen molar-refractivity contribution in [1.29, 1.82) is 0 Å². The first kappa shape index (κ1) is 27.7. The molecule has 5 nitrogen and oxygen atoms in total. The molecular weight excluding hydrogens is 557 g/mol. The topological polar surface area (TPSA) is 70.2 Å². The van der Waals surface area contributed by atoms with Gasteiger partial charge in [0.25, 0.3) is 0 Å². The van der Waals surface area contributed by atoms with E-state index in [1.54, 1.807) is 42.5 Å². The number of amides is 1. The van der Waals surface area contributed by atoms with Crippen molar-refractivity contribution in [1.82, 2.24) is 0 Å². The van der Waals surface area contributed by atoms with Gasteiger partial charge in [-0.2, -0.15) is 0 Å². The summed E-state index contributed by atoms with van der Waals surface area (Å²) in [7, 11) is 0. The van der Waals surface area contributed by atoms with Gasteiger partial charge in [-0.3, -0.25) is 9.59 Å². The molecule has 0 heterocycles. The summed E-state index contributed by atoms with van der Waals surface area (Å²) in [5, 5.41) is 9.93. The largest absolute Gasteiger partial charge is 0.332 e. The lowest BCUT2D eigenvalue weighted by molar-refractivity contribution is -0.115. The number of anilines is 3. The molecule has 0 saturated carbocycles. The van der Waals surface area contributed by atoms with Gasteiger partial charge in [0.1, 0.15) is 5.25 Å². The molecule has 0 bridgehead atoms. The van der Waals surface area contributed by atoms with Crippen molar-refractivity contribution in [2.75, 3.05) is 16.0 Å². The monoisotopic (exact) mass is 579 g/mol. The smallest absolute Gasteiger partial charge is 0.242 e. The second-order valence-corrected chi connectivity index (χ2v) is 10.7. The molecule has 4 aromatic rings. The fraction of sp³-hybridized carbons (Fsp3) is 0.0690. The standard InChI is InChI=1S/C29H23Cl2N3O2S2/c1-18(35)19-10-13-22(14-11-19)32-29(37)33-23-8-5-9-24(17-23)38-27(20-6-3-2-4-7-20)28(36)34-26-15-12-21(30)16-25(26)31/h2-17,27H,1H3,(H,34,36)(H2,32,33,37). The molecule has 1 amide bonds. The highest BCUT2D eigenvalue weighted by Gasteiger charge is 2.23. The molecule has 4 aromatic carbocycles. The normalized spacial score (nSPS) is 11.3. The molecule has 0 aromatic heterocycles. The van der Waals surface area contributed by atoms with Gasteiger partial charge in [-0.05, 0) is 85.4 Å². The Morgan fingerprint density at radius 2 is 1.50 bits per heavy atom. The van der Waals surface area contributed by atoms with E-state index in [0.717, 1.165) is 21.8 Å². The number of hydrogen-bond acceptors (Lipinski definition) is 4. The molecule has 1 atom stereocenters. The minimum atomic E-state index is -0.539. The Balaban J connectivity index is 1.48. The molecule has 0 aliphatic heterocycles. The third kappa shape index (κ3) is 7.58. The molecule has 4 rings (SSSR count). The van der Waals surface area contributed by atoms with Crippen LogP contribution in [0.3, 0.4) is 0 Å². The van der Waals surface area contributed by atoms with Crippen LogP contribution in [0.5, 0.6) is 0 Å². The predicted molar refractivity (Wildman–Crippen MR) is 163 cm³/mol. The van der Waals surface area contributed by atoms with Crippen LogP contribution in [0, 0.1) is 0 Å². The van der Waals surface area contributed by atoms with Crippen molar-refractivity contribution in [3.05, 3.63) is 118 Å². The third-order valence-electron chi connectivity index (χ3n) is 5.42. The minimum absolute atomic E-state index is 0.00492. The number of thioether (sulfide) groups is 1. The van der Waals surface area contributed by atoms with Crippen molar-refractivity contribution in [2.45, 2.75) is 17.1 Å². The Labute approximate surface area is 240 Å². The van der Waals surface area contributed by atoms with Crippen LogP contribution in [0.25, 0.3) is 0 Å². The Kier molecular flexibility index (Phi) is 9.42. The van der Waals surface area contributed by atoms with E-state index in [9.17, 15) is 9.59 Å². The first-order chi connectivity index (χ1) is 18.3. The summed E-state index contributed by atoms with van der Waals surface area (Å²) in [6.07, 6.45) is 0. The molecule has 192 valence electrons. The molecule has 3 N–H and O–H groups in total. The van der Waals surface area contributed by atoms with E-state index in [4.69, 9.17) is 35.4 Å². The molecular formula is C29H23Cl2N3O2S2. The van der Waals surface area contributed by atoms with Gasteiger partial charge in [-0.25, -0.2) is 0 Å². The lowest BCUT2D eigenvalue weighted by Gasteiger charge is -2.18. The van der Waals surface area contributed by atoms with Crippen LogP contribution in [0.15, 0.2) is 102 Å². The summed E-state index contributed by atoms with van der Waals surface area (Å²) < 4.78 is 0. The first-order valence-electron chi connectivity index (χ1n) is 11.5. The molecule has 0 radical (unpaired) electrons. The fourth-order valence-electron chi connectivity index (χ4n) is 3.55. The molecule has 38 heavy (non-hydrogen) atoms. The van der Waals surface area contributed by atoms with Crippen LogP contribution < -0.4 is 16.0 Å². The maximum Gasteiger partial charge on any atom is 0.242 e. The molecule has 1 unspecified atom stereocenters. The zero-order valence-corrected chi connectivity index (χ0v) is 23.3. The Hall–Kier alpha value is -3.36. The Morgan fingerprint density at radius 1 is 0.789 bits per heavy atom. The van der Waals surface area contributed by atoms with E-state index in [-0.39, 0.29) is 11.7 Å². The van der Waals surface area contributed by atoms with Crippen molar-refractivity contribution in [3.63, 3.8) is 0 Å². The highest BCUT2D eigenvalue weighted by Crippen LogP contribution is 2.38. The average Bonchev–Trinajstić information content (AvgIpc) is 2.90. The number of nitrogens with one attached hydrogen (secondary N) is 3. The summed E-state index contributed by atoms with van der Waals surface area (Å²) in [5.41, 5.74) is 3.51. The van der Waals surface area contributed by atoms with Crippen molar-refractivity contribution in [2.24, 2.45) is 0 Å². The van der Waals surface area contributed by atoms with E-state index in [1.165, 1.54) is 18.7 Å². The van der Waals surface area contributed by atoms with Crippen LogP contribution in [0.4, 0.5) is 17.1 Å². The van der Waals surface area contributed by atoms with Crippen molar-refractivity contribution >= 4 is 81.0 Å². The van der Waals surface area contributed by atoms with Crippen LogP contribution in [0.1, 0.15) is 28.1 Å². The zero-order valence-electron chi connectivity index (χ0n) is 20.2. The molecule has 0 saturated heterocycles. The first-order valence-corrected chi connectivity index (χ1v) is 13.6. The third-order valence-corrected chi connectivity index (χ3v) is 7.42. The van der Waals surface area contributed by atoms with Gasteiger partial charge < -0.3 is 16.0 Å². The zero-order chi connectivity index (χ0) is 27.1. The Morgan fingerprint density at radius 3 is 2.18 bits per heavy atom. The molecule has 0 aliphatic rings. The lowest BCUT2D eigenvalue weighted by atomic mass is 10.1. The van der Waals surface area contributed by atoms with Gasteiger partial charge in [0.15, 0.2) is 10.9 Å². The van der Waals surface area contributed by atoms with Crippen molar-refractivity contribution in [3.8, 4) is 0 Å². The highest BCUT2D eigenvalue weighted by molar-refractivity contribution is 8.00. The van der Waals surface area contributed by atoms with Gasteiger partial charge >= 0.3 is 0 Å². The number of halogens is 2. The number of rotatable bonds is 8. The van der Waals surface area contributed by atoms with E-state index < -0.39 is 5.25 Å². The molecule has 0 spiro atoms.